The lowest BCUT2D eigenvalue weighted by Gasteiger charge is -2.08. The van der Waals surface area contributed by atoms with Crippen LogP contribution in [0.4, 0.5) is 0 Å². The summed E-state index contributed by atoms with van der Waals surface area (Å²) in [5, 5.41) is 3.24. The van der Waals surface area contributed by atoms with E-state index in [2.05, 4.69) is 24.2 Å². The van der Waals surface area contributed by atoms with Gasteiger partial charge < -0.3 is 0 Å². The highest BCUT2D eigenvalue weighted by Crippen LogP contribution is 1.89. The van der Waals surface area contributed by atoms with Crippen LogP contribution in [-0.4, -0.2) is 18.9 Å². The molecule has 9 heavy (non-hydrogen) atoms. The zero-order valence-electron chi connectivity index (χ0n) is 6.52. The number of rotatable bonds is 4. The van der Waals surface area contributed by atoms with E-state index in [0.29, 0.717) is 6.17 Å². The van der Waals surface area contributed by atoms with Crippen LogP contribution in [-0.2, 0) is 0 Å². The average Bonchev–Trinajstić information content (AvgIpc) is 1.88. The van der Waals surface area contributed by atoms with Crippen molar-refractivity contribution in [1.29, 1.82) is 0 Å². The molecular formula is C7H16N2. The van der Waals surface area contributed by atoms with E-state index in [4.69, 9.17) is 0 Å². The Kier molecular flexibility index (Phi) is 5.52. The Labute approximate surface area is 57.4 Å². The van der Waals surface area contributed by atoms with E-state index in [0.717, 1.165) is 13.0 Å². The van der Waals surface area contributed by atoms with Crippen LogP contribution in [0.25, 0.3) is 0 Å². The van der Waals surface area contributed by atoms with E-state index < -0.39 is 0 Å². The van der Waals surface area contributed by atoms with Crippen LogP contribution in [0.1, 0.15) is 27.2 Å². The Balaban J connectivity index is 3.41. The Morgan fingerprint density at radius 3 is 2.56 bits per heavy atom. The Morgan fingerprint density at radius 2 is 2.22 bits per heavy atom. The van der Waals surface area contributed by atoms with Gasteiger partial charge in [0.2, 0.25) is 0 Å². The summed E-state index contributed by atoms with van der Waals surface area (Å²) in [6.45, 7) is 7.16. The molecule has 0 spiro atoms. The molecular weight excluding hydrogens is 112 g/mol. The fourth-order valence-corrected chi connectivity index (χ4v) is 0.718. The molecule has 0 aromatic heterocycles. The van der Waals surface area contributed by atoms with Crippen molar-refractivity contribution in [2.24, 2.45) is 4.99 Å². The molecule has 0 radical (unpaired) electrons. The van der Waals surface area contributed by atoms with Gasteiger partial charge in [0.1, 0.15) is 0 Å². The molecule has 2 heteroatoms. The molecule has 1 atom stereocenters. The quantitative estimate of drug-likeness (QED) is 0.569. The van der Waals surface area contributed by atoms with Crippen molar-refractivity contribution in [2.75, 3.05) is 6.54 Å². The second-order valence-electron chi connectivity index (χ2n) is 1.89. The third-order valence-corrected chi connectivity index (χ3v) is 1.16. The Morgan fingerprint density at radius 1 is 1.56 bits per heavy atom. The van der Waals surface area contributed by atoms with Crippen molar-refractivity contribution in [3.05, 3.63) is 0 Å². The molecule has 54 valence electrons. The molecule has 0 aromatic rings. The van der Waals surface area contributed by atoms with Gasteiger partial charge in [-0.3, -0.25) is 10.3 Å². The summed E-state index contributed by atoms with van der Waals surface area (Å²) >= 11 is 0. The highest BCUT2D eigenvalue weighted by atomic mass is 15.0. The number of nitrogens with zero attached hydrogens (tertiary/aromatic N) is 1. The maximum absolute atomic E-state index is 4.20. The minimum Gasteiger partial charge on any atom is -0.296 e. The summed E-state index contributed by atoms with van der Waals surface area (Å²) in [7, 11) is 0. The van der Waals surface area contributed by atoms with Crippen LogP contribution < -0.4 is 5.32 Å². The first-order chi connectivity index (χ1) is 4.35. The van der Waals surface area contributed by atoms with E-state index in [1.165, 1.54) is 0 Å². The molecule has 0 bridgehead atoms. The summed E-state index contributed by atoms with van der Waals surface area (Å²) in [6.07, 6.45) is 3.25. The molecule has 1 N–H and O–H groups in total. The maximum atomic E-state index is 4.20. The van der Waals surface area contributed by atoms with Crippen molar-refractivity contribution < 1.29 is 0 Å². The fraction of sp³-hybridized carbons (Fsp3) is 0.857. The van der Waals surface area contributed by atoms with Gasteiger partial charge in [-0.05, 0) is 26.1 Å². The van der Waals surface area contributed by atoms with Crippen LogP contribution in [0.5, 0.6) is 0 Å². The number of hydrogen-bond acceptors (Lipinski definition) is 2. The van der Waals surface area contributed by atoms with Gasteiger partial charge >= 0.3 is 0 Å². The lowest BCUT2D eigenvalue weighted by Crippen LogP contribution is -2.25. The SMILES string of the molecule is C/C=N/C(CC)NCC. The van der Waals surface area contributed by atoms with Crippen LogP contribution >= 0.6 is 0 Å². The van der Waals surface area contributed by atoms with Gasteiger partial charge in [-0.2, -0.15) is 0 Å². The summed E-state index contributed by atoms with van der Waals surface area (Å²) in [6, 6.07) is 0. The van der Waals surface area contributed by atoms with Crippen LogP contribution in [0.2, 0.25) is 0 Å². The Hall–Kier alpha value is -0.370. The summed E-state index contributed by atoms with van der Waals surface area (Å²) < 4.78 is 0. The van der Waals surface area contributed by atoms with E-state index in [1.807, 2.05) is 13.1 Å². The second-order valence-corrected chi connectivity index (χ2v) is 1.89. The Bertz CT molecular complexity index is 79.0. The lowest BCUT2D eigenvalue weighted by atomic mass is 10.4. The first kappa shape index (κ1) is 8.63. The van der Waals surface area contributed by atoms with Crippen molar-refractivity contribution in [3.63, 3.8) is 0 Å². The van der Waals surface area contributed by atoms with Crippen LogP contribution in [0.3, 0.4) is 0 Å². The zero-order chi connectivity index (χ0) is 7.11. The monoisotopic (exact) mass is 128 g/mol. The molecule has 0 saturated carbocycles. The van der Waals surface area contributed by atoms with Gasteiger partial charge in [-0.15, -0.1) is 0 Å². The second kappa shape index (κ2) is 5.76. The molecule has 0 aliphatic rings. The molecule has 0 saturated heterocycles. The van der Waals surface area contributed by atoms with Gasteiger partial charge in [-0.1, -0.05) is 13.8 Å². The first-order valence-electron chi connectivity index (χ1n) is 3.56. The third kappa shape index (κ3) is 4.15. The molecule has 1 unspecified atom stereocenters. The van der Waals surface area contributed by atoms with Gasteiger partial charge in [-0.25, -0.2) is 0 Å². The maximum Gasteiger partial charge on any atom is 0.0987 e. The van der Waals surface area contributed by atoms with Crippen molar-refractivity contribution in [2.45, 2.75) is 33.4 Å². The van der Waals surface area contributed by atoms with E-state index in [-0.39, 0.29) is 0 Å². The smallest absolute Gasteiger partial charge is 0.0987 e. The average molecular weight is 128 g/mol. The number of hydrogen-bond donors (Lipinski definition) is 1. The van der Waals surface area contributed by atoms with Gasteiger partial charge in [0.15, 0.2) is 0 Å². The highest BCUT2D eigenvalue weighted by molar-refractivity contribution is 5.53. The summed E-state index contributed by atoms with van der Waals surface area (Å²) in [5.41, 5.74) is 0. The summed E-state index contributed by atoms with van der Waals surface area (Å²) in [4.78, 5) is 4.20. The topological polar surface area (TPSA) is 24.4 Å². The number of nitrogens with one attached hydrogen (secondary N) is 1. The van der Waals surface area contributed by atoms with Gasteiger partial charge in [0.05, 0.1) is 6.17 Å². The summed E-state index contributed by atoms with van der Waals surface area (Å²) in [5.74, 6) is 0. The first-order valence-corrected chi connectivity index (χ1v) is 3.56. The van der Waals surface area contributed by atoms with Crippen molar-refractivity contribution >= 4 is 6.21 Å². The van der Waals surface area contributed by atoms with Gasteiger partial charge in [0, 0.05) is 0 Å². The predicted molar refractivity (Wildman–Crippen MR) is 41.9 cm³/mol. The van der Waals surface area contributed by atoms with E-state index in [1.54, 1.807) is 0 Å². The molecule has 0 aliphatic heterocycles. The van der Waals surface area contributed by atoms with E-state index >= 15 is 0 Å². The molecule has 0 amide bonds. The molecule has 0 aromatic carbocycles. The van der Waals surface area contributed by atoms with E-state index in [9.17, 15) is 0 Å². The lowest BCUT2D eigenvalue weighted by molar-refractivity contribution is 0.535. The predicted octanol–water partition coefficient (Wildman–Crippen LogP) is 1.42. The standard InChI is InChI=1S/C7H16N2/c1-4-7(8-5-2)9-6-3/h5,7,9H,4,6H2,1-3H3/b8-5+. The molecule has 0 heterocycles. The third-order valence-electron chi connectivity index (χ3n) is 1.16. The molecule has 0 rings (SSSR count). The molecule has 0 aliphatic carbocycles. The van der Waals surface area contributed by atoms with Gasteiger partial charge in [0.25, 0.3) is 0 Å². The highest BCUT2D eigenvalue weighted by Gasteiger charge is 1.95. The fourth-order valence-electron chi connectivity index (χ4n) is 0.718. The molecule has 2 nitrogen and oxygen atoms in total. The minimum atomic E-state index is 0.333. The number of aliphatic imine (C=N–C) groups is 1. The van der Waals surface area contributed by atoms with Crippen molar-refractivity contribution in [1.82, 2.24) is 5.32 Å². The largest absolute Gasteiger partial charge is 0.296 e. The van der Waals surface area contributed by atoms with Crippen LogP contribution in [0, 0.1) is 0 Å². The molecule has 0 fully saturated rings. The van der Waals surface area contributed by atoms with Crippen LogP contribution in [0.15, 0.2) is 4.99 Å². The van der Waals surface area contributed by atoms with Crippen molar-refractivity contribution in [3.8, 4) is 0 Å². The zero-order valence-corrected chi connectivity index (χ0v) is 6.52. The normalized spacial score (nSPS) is 14.6. The minimum absolute atomic E-state index is 0.333.